The summed E-state index contributed by atoms with van der Waals surface area (Å²) in [6.07, 6.45) is 0. The fraction of sp³-hybridized carbons (Fsp3) is 0.125. The van der Waals surface area contributed by atoms with Gasteiger partial charge in [-0.1, -0.05) is 29.8 Å². The second-order valence-electron chi connectivity index (χ2n) is 4.38. The summed E-state index contributed by atoms with van der Waals surface area (Å²) in [6.45, 7) is 1.92. The van der Waals surface area contributed by atoms with E-state index in [1.807, 2.05) is 6.92 Å². The van der Waals surface area contributed by atoms with Crippen molar-refractivity contribution in [3.63, 3.8) is 0 Å². The first kappa shape index (κ1) is 13.8. The highest BCUT2D eigenvalue weighted by molar-refractivity contribution is 6.46. The Kier molecular flexibility index (Phi) is 4.15. The standard InChI is InChI=1S/C16H15NO3/c1-11-3-5-12(6-4-11)15(18)16(19)17-13-7-9-14(20-2)10-8-13/h3-10H,1-2H3,(H,17,19). The van der Waals surface area contributed by atoms with Crippen molar-refractivity contribution >= 4 is 17.4 Å². The fourth-order valence-electron chi connectivity index (χ4n) is 1.70. The maximum Gasteiger partial charge on any atom is 0.296 e. The summed E-state index contributed by atoms with van der Waals surface area (Å²) in [5.41, 5.74) is 1.97. The minimum absolute atomic E-state index is 0.376. The molecule has 0 aliphatic carbocycles. The van der Waals surface area contributed by atoms with E-state index in [4.69, 9.17) is 4.74 Å². The first-order chi connectivity index (χ1) is 9.60. The quantitative estimate of drug-likeness (QED) is 0.686. The lowest BCUT2D eigenvalue weighted by molar-refractivity contribution is -0.112. The fourth-order valence-corrected chi connectivity index (χ4v) is 1.70. The lowest BCUT2D eigenvalue weighted by Crippen LogP contribution is -2.22. The maximum absolute atomic E-state index is 11.9. The molecule has 0 saturated carbocycles. The third-order valence-corrected chi connectivity index (χ3v) is 2.87. The molecule has 0 unspecified atom stereocenters. The van der Waals surface area contributed by atoms with E-state index in [0.29, 0.717) is 17.0 Å². The molecule has 0 spiro atoms. The molecule has 2 aromatic rings. The first-order valence-corrected chi connectivity index (χ1v) is 6.16. The van der Waals surface area contributed by atoms with E-state index in [-0.39, 0.29) is 0 Å². The number of Topliss-reactive ketones (excluding diaryl/α,β-unsaturated/α-hetero) is 1. The number of nitrogens with one attached hydrogen (secondary N) is 1. The number of hydrogen-bond acceptors (Lipinski definition) is 3. The number of carbonyl (C=O) groups excluding carboxylic acids is 2. The van der Waals surface area contributed by atoms with Crippen LogP contribution in [0.1, 0.15) is 15.9 Å². The molecule has 1 amide bonds. The van der Waals surface area contributed by atoms with Gasteiger partial charge in [0, 0.05) is 11.3 Å². The molecule has 0 aliphatic heterocycles. The Labute approximate surface area is 117 Å². The van der Waals surface area contributed by atoms with Gasteiger partial charge in [0.05, 0.1) is 7.11 Å². The summed E-state index contributed by atoms with van der Waals surface area (Å²) in [4.78, 5) is 23.8. The molecule has 0 atom stereocenters. The number of amides is 1. The predicted molar refractivity (Wildman–Crippen MR) is 77.1 cm³/mol. The Balaban J connectivity index is 2.07. The molecule has 2 aromatic carbocycles. The van der Waals surface area contributed by atoms with E-state index in [1.54, 1.807) is 55.6 Å². The molecule has 4 nitrogen and oxygen atoms in total. The van der Waals surface area contributed by atoms with Crippen LogP contribution < -0.4 is 10.1 Å². The lowest BCUT2D eigenvalue weighted by atomic mass is 10.1. The Morgan fingerprint density at radius 2 is 1.55 bits per heavy atom. The number of aryl methyl sites for hydroxylation is 1. The topological polar surface area (TPSA) is 55.4 Å². The SMILES string of the molecule is COc1ccc(NC(=O)C(=O)c2ccc(C)cc2)cc1. The number of hydrogen-bond donors (Lipinski definition) is 1. The second-order valence-corrected chi connectivity index (χ2v) is 4.38. The van der Waals surface area contributed by atoms with E-state index < -0.39 is 11.7 Å². The Hall–Kier alpha value is -2.62. The van der Waals surface area contributed by atoms with Crippen LogP contribution in [0.3, 0.4) is 0 Å². The van der Waals surface area contributed by atoms with Gasteiger partial charge in [-0.25, -0.2) is 0 Å². The molecule has 102 valence electrons. The zero-order valence-electron chi connectivity index (χ0n) is 11.3. The van der Waals surface area contributed by atoms with Crippen LogP contribution >= 0.6 is 0 Å². The van der Waals surface area contributed by atoms with Crippen molar-refractivity contribution in [2.75, 3.05) is 12.4 Å². The predicted octanol–water partition coefficient (Wildman–Crippen LogP) is 2.83. The summed E-state index contributed by atoms with van der Waals surface area (Å²) in [5, 5.41) is 2.56. The van der Waals surface area contributed by atoms with Crippen molar-refractivity contribution in [1.82, 2.24) is 0 Å². The molecule has 20 heavy (non-hydrogen) atoms. The molecule has 2 rings (SSSR count). The van der Waals surface area contributed by atoms with Crippen molar-refractivity contribution in [2.45, 2.75) is 6.92 Å². The van der Waals surface area contributed by atoms with Crippen LogP contribution in [0.15, 0.2) is 48.5 Å². The maximum atomic E-state index is 11.9. The minimum atomic E-state index is -0.654. The average molecular weight is 269 g/mol. The van der Waals surface area contributed by atoms with Gasteiger partial charge in [-0.05, 0) is 31.2 Å². The van der Waals surface area contributed by atoms with Gasteiger partial charge in [0.2, 0.25) is 0 Å². The van der Waals surface area contributed by atoms with Crippen LogP contribution in [0, 0.1) is 6.92 Å². The molecule has 1 N–H and O–H groups in total. The van der Waals surface area contributed by atoms with Crippen molar-refractivity contribution < 1.29 is 14.3 Å². The van der Waals surface area contributed by atoms with E-state index >= 15 is 0 Å². The van der Waals surface area contributed by atoms with Crippen molar-refractivity contribution in [1.29, 1.82) is 0 Å². The number of methoxy groups -OCH3 is 1. The second kappa shape index (κ2) is 6.02. The van der Waals surface area contributed by atoms with Gasteiger partial charge in [-0.15, -0.1) is 0 Å². The van der Waals surface area contributed by atoms with E-state index in [0.717, 1.165) is 5.56 Å². The molecule has 0 heterocycles. The van der Waals surface area contributed by atoms with Crippen LogP contribution in [-0.4, -0.2) is 18.8 Å². The summed E-state index contributed by atoms with van der Waals surface area (Å²) in [7, 11) is 1.56. The largest absolute Gasteiger partial charge is 0.497 e. The molecular formula is C16H15NO3. The van der Waals surface area contributed by atoms with Crippen LogP contribution in [0.5, 0.6) is 5.75 Å². The Bertz CT molecular complexity index is 615. The zero-order chi connectivity index (χ0) is 14.5. The monoisotopic (exact) mass is 269 g/mol. The molecule has 0 radical (unpaired) electrons. The van der Waals surface area contributed by atoms with Crippen LogP contribution in [0.4, 0.5) is 5.69 Å². The summed E-state index contributed by atoms with van der Waals surface area (Å²) in [6, 6.07) is 13.7. The van der Waals surface area contributed by atoms with Crippen molar-refractivity contribution in [3.05, 3.63) is 59.7 Å². The highest BCUT2D eigenvalue weighted by Crippen LogP contribution is 2.15. The van der Waals surface area contributed by atoms with Crippen molar-refractivity contribution in [2.24, 2.45) is 0 Å². The van der Waals surface area contributed by atoms with Gasteiger partial charge in [0.1, 0.15) is 5.75 Å². The van der Waals surface area contributed by atoms with E-state index in [9.17, 15) is 9.59 Å². The lowest BCUT2D eigenvalue weighted by Gasteiger charge is -2.06. The average Bonchev–Trinajstić information content (AvgIpc) is 2.48. The Morgan fingerprint density at radius 3 is 2.10 bits per heavy atom. The Morgan fingerprint density at radius 1 is 0.950 bits per heavy atom. The number of anilines is 1. The number of carbonyl (C=O) groups is 2. The van der Waals surface area contributed by atoms with Crippen molar-refractivity contribution in [3.8, 4) is 5.75 Å². The van der Waals surface area contributed by atoms with Crippen LogP contribution in [0.2, 0.25) is 0 Å². The molecular weight excluding hydrogens is 254 g/mol. The molecule has 0 aliphatic rings. The van der Waals surface area contributed by atoms with Gasteiger partial charge in [0.25, 0.3) is 11.7 Å². The third kappa shape index (κ3) is 3.23. The summed E-state index contributed by atoms with van der Waals surface area (Å²) < 4.78 is 5.02. The molecule has 0 aromatic heterocycles. The normalized spacial score (nSPS) is 9.90. The van der Waals surface area contributed by atoms with Gasteiger partial charge in [0.15, 0.2) is 0 Å². The third-order valence-electron chi connectivity index (χ3n) is 2.87. The minimum Gasteiger partial charge on any atom is -0.497 e. The molecule has 0 fully saturated rings. The number of benzene rings is 2. The van der Waals surface area contributed by atoms with E-state index in [2.05, 4.69) is 5.32 Å². The van der Waals surface area contributed by atoms with Crippen LogP contribution in [0.25, 0.3) is 0 Å². The number of ketones is 1. The molecule has 0 bridgehead atoms. The highest BCUT2D eigenvalue weighted by atomic mass is 16.5. The zero-order valence-corrected chi connectivity index (χ0v) is 11.3. The van der Waals surface area contributed by atoms with Gasteiger partial charge in [-0.3, -0.25) is 9.59 Å². The summed E-state index contributed by atoms with van der Waals surface area (Å²) in [5.74, 6) is -0.521. The van der Waals surface area contributed by atoms with E-state index in [1.165, 1.54) is 0 Å². The van der Waals surface area contributed by atoms with Crippen LogP contribution in [-0.2, 0) is 4.79 Å². The summed E-state index contributed by atoms with van der Waals surface area (Å²) >= 11 is 0. The number of ether oxygens (including phenoxy) is 1. The van der Waals surface area contributed by atoms with Gasteiger partial charge >= 0.3 is 0 Å². The molecule has 4 heteroatoms. The highest BCUT2D eigenvalue weighted by Gasteiger charge is 2.15. The first-order valence-electron chi connectivity index (χ1n) is 6.16. The smallest absolute Gasteiger partial charge is 0.296 e. The van der Waals surface area contributed by atoms with Gasteiger partial charge < -0.3 is 10.1 Å². The van der Waals surface area contributed by atoms with Gasteiger partial charge in [-0.2, -0.15) is 0 Å². The molecule has 0 saturated heterocycles. The number of rotatable bonds is 4.